The minimum atomic E-state index is -0.188. The summed E-state index contributed by atoms with van der Waals surface area (Å²) in [5.74, 6) is -0.188. The minimum absolute atomic E-state index is 0.0326. The second-order valence-electron chi connectivity index (χ2n) is 5.64. The molecule has 2 rings (SSSR count). The van der Waals surface area contributed by atoms with E-state index in [4.69, 9.17) is 4.74 Å². The second kappa shape index (κ2) is 8.38. The maximum atomic E-state index is 13.1. The molecule has 0 aliphatic heterocycles. The Morgan fingerprint density at radius 3 is 2.55 bits per heavy atom. The molecule has 0 radical (unpaired) electrons. The Morgan fingerprint density at radius 2 is 1.90 bits per heavy atom. The molecular weight excluding hydrogens is 253 g/mol. The number of hydrogen-bond acceptors (Lipinski definition) is 2. The van der Waals surface area contributed by atoms with E-state index in [-0.39, 0.29) is 11.9 Å². The third-order valence-electron chi connectivity index (χ3n) is 3.91. The molecule has 0 heterocycles. The summed E-state index contributed by atoms with van der Waals surface area (Å²) in [6.45, 7) is 3.95. The van der Waals surface area contributed by atoms with Gasteiger partial charge in [0.15, 0.2) is 0 Å². The van der Waals surface area contributed by atoms with Crippen LogP contribution < -0.4 is 5.32 Å². The van der Waals surface area contributed by atoms with Gasteiger partial charge in [-0.1, -0.05) is 38.3 Å². The van der Waals surface area contributed by atoms with Crippen molar-refractivity contribution < 1.29 is 9.13 Å². The van der Waals surface area contributed by atoms with Gasteiger partial charge < -0.3 is 10.1 Å². The lowest BCUT2D eigenvalue weighted by atomic mass is 9.97. The van der Waals surface area contributed by atoms with Crippen LogP contribution in [-0.4, -0.2) is 19.2 Å². The molecule has 1 fully saturated rings. The molecule has 2 nitrogen and oxygen atoms in total. The first-order chi connectivity index (χ1) is 9.79. The van der Waals surface area contributed by atoms with Gasteiger partial charge in [0.25, 0.3) is 0 Å². The third kappa shape index (κ3) is 4.88. The van der Waals surface area contributed by atoms with Gasteiger partial charge in [0.2, 0.25) is 0 Å². The van der Waals surface area contributed by atoms with Gasteiger partial charge in [0.1, 0.15) is 5.82 Å². The zero-order chi connectivity index (χ0) is 14.2. The fraction of sp³-hybridized carbons (Fsp3) is 0.647. The third-order valence-corrected chi connectivity index (χ3v) is 3.91. The summed E-state index contributed by atoms with van der Waals surface area (Å²) in [5, 5.41) is 3.42. The summed E-state index contributed by atoms with van der Waals surface area (Å²) in [6, 6.07) is 6.73. The Kier molecular flexibility index (Phi) is 6.48. The van der Waals surface area contributed by atoms with Crippen LogP contribution in [0.5, 0.6) is 0 Å². The van der Waals surface area contributed by atoms with E-state index in [0.717, 1.165) is 37.9 Å². The molecule has 1 unspecified atom stereocenters. The molecule has 3 heteroatoms. The van der Waals surface area contributed by atoms with Gasteiger partial charge in [-0.05, 0) is 43.5 Å². The topological polar surface area (TPSA) is 21.3 Å². The molecule has 0 bridgehead atoms. The van der Waals surface area contributed by atoms with Crippen LogP contribution in [0.2, 0.25) is 0 Å². The molecule has 1 aliphatic carbocycles. The lowest BCUT2D eigenvalue weighted by Crippen LogP contribution is -2.28. The molecule has 0 aromatic heterocycles. The summed E-state index contributed by atoms with van der Waals surface area (Å²) in [7, 11) is 0. The lowest BCUT2D eigenvalue weighted by molar-refractivity contribution is -0.0305. The molecule has 20 heavy (non-hydrogen) atoms. The van der Waals surface area contributed by atoms with Crippen LogP contribution in [0.15, 0.2) is 24.3 Å². The van der Waals surface area contributed by atoms with Gasteiger partial charge >= 0.3 is 0 Å². The highest BCUT2D eigenvalue weighted by molar-refractivity contribution is 5.19. The number of nitrogens with one attached hydrogen (secondary N) is 1. The quantitative estimate of drug-likeness (QED) is 0.755. The van der Waals surface area contributed by atoms with E-state index < -0.39 is 0 Å². The van der Waals surface area contributed by atoms with Gasteiger partial charge in [0.05, 0.1) is 12.2 Å². The van der Waals surface area contributed by atoms with Crippen LogP contribution in [0, 0.1) is 5.82 Å². The smallest absolute Gasteiger partial charge is 0.123 e. The van der Waals surface area contributed by atoms with Crippen molar-refractivity contribution in [3.63, 3.8) is 0 Å². The maximum Gasteiger partial charge on any atom is 0.123 e. The van der Waals surface area contributed by atoms with Gasteiger partial charge in [0, 0.05) is 6.54 Å². The Hall–Kier alpha value is -0.930. The number of halogens is 1. The van der Waals surface area contributed by atoms with Crippen molar-refractivity contribution in [3.05, 3.63) is 35.6 Å². The van der Waals surface area contributed by atoms with Gasteiger partial charge in [-0.15, -0.1) is 0 Å². The number of benzene rings is 1. The summed E-state index contributed by atoms with van der Waals surface area (Å²) >= 11 is 0. The lowest BCUT2D eigenvalue weighted by Gasteiger charge is -2.28. The fourth-order valence-electron chi connectivity index (χ4n) is 2.77. The average Bonchev–Trinajstić information content (AvgIpc) is 2.48. The van der Waals surface area contributed by atoms with Gasteiger partial charge in [-0.3, -0.25) is 0 Å². The maximum absolute atomic E-state index is 13.1. The van der Waals surface area contributed by atoms with Crippen molar-refractivity contribution >= 4 is 0 Å². The molecule has 0 amide bonds. The van der Waals surface area contributed by atoms with E-state index in [1.165, 1.54) is 31.4 Å². The first kappa shape index (κ1) is 15.5. The van der Waals surface area contributed by atoms with E-state index >= 15 is 0 Å². The largest absolute Gasteiger partial charge is 0.369 e. The molecular formula is C17H26FNO. The standard InChI is InChI=1S/C17H26FNO/c1-2-12-19-13-17(14-8-10-15(18)11-9-14)20-16-6-4-3-5-7-16/h8-11,16-17,19H,2-7,12-13H2,1H3. The van der Waals surface area contributed by atoms with E-state index in [1.54, 1.807) is 0 Å². The predicted molar refractivity (Wildman–Crippen MR) is 80.3 cm³/mol. The van der Waals surface area contributed by atoms with Crippen molar-refractivity contribution in [3.8, 4) is 0 Å². The number of hydrogen-bond donors (Lipinski definition) is 1. The zero-order valence-electron chi connectivity index (χ0n) is 12.4. The monoisotopic (exact) mass is 279 g/mol. The van der Waals surface area contributed by atoms with Crippen LogP contribution in [-0.2, 0) is 4.74 Å². The van der Waals surface area contributed by atoms with Crippen LogP contribution >= 0.6 is 0 Å². The molecule has 1 atom stereocenters. The molecule has 1 aliphatic rings. The van der Waals surface area contributed by atoms with Crippen LogP contribution in [0.4, 0.5) is 4.39 Å². The Bertz CT molecular complexity index is 373. The van der Waals surface area contributed by atoms with Crippen molar-refractivity contribution in [2.75, 3.05) is 13.1 Å². The van der Waals surface area contributed by atoms with Crippen molar-refractivity contribution in [1.82, 2.24) is 5.32 Å². The molecule has 0 spiro atoms. The van der Waals surface area contributed by atoms with E-state index in [9.17, 15) is 4.39 Å². The average molecular weight is 279 g/mol. The van der Waals surface area contributed by atoms with Crippen LogP contribution in [0.25, 0.3) is 0 Å². The van der Waals surface area contributed by atoms with Crippen molar-refractivity contribution in [2.45, 2.75) is 57.7 Å². The van der Waals surface area contributed by atoms with Crippen LogP contribution in [0.3, 0.4) is 0 Å². The normalized spacial score (nSPS) is 18.1. The Balaban J connectivity index is 1.97. The summed E-state index contributed by atoms with van der Waals surface area (Å²) in [5.41, 5.74) is 1.07. The Morgan fingerprint density at radius 1 is 1.20 bits per heavy atom. The number of ether oxygens (including phenoxy) is 1. The molecule has 112 valence electrons. The Labute approximate surface area is 121 Å². The van der Waals surface area contributed by atoms with Gasteiger partial charge in [-0.2, -0.15) is 0 Å². The van der Waals surface area contributed by atoms with Crippen LogP contribution in [0.1, 0.15) is 57.1 Å². The highest BCUT2D eigenvalue weighted by atomic mass is 19.1. The molecule has 1 saturated carbocycles. The van der Waals surface area contributed by atoms with E-state index in [2.05, 4.69) is 12.2 Å². The minimum Gasteiger partial charge on any atom is -0.369 e. The molecule has 1 N–H and O–H groups in total. The molecule has 0 saturated heterocycles. The fourth-order valence-corrected chi connectivity index (χ4v) is 2.77. The summed E-state index contributed by atoms with van der Waals surface area (Å²) in [4.78, 5) is 0. The van der Waals surface area contributed by atoms with E-state index in [1.807, 2.05) is 12.1 Å². The van der Waals surface area contributed by atoms with Crippen molar-refractivity contribution in [2.24, 2.45) is 0 Å². The second-order valence-corrected chi connectivity index (χ2v) is 5.64. The van der Waals surface area contributed by atoms with E-state index in [0.29, 0.717) is 6.10 Å². The summed E-state index contributed by atoms with van der Waals surface area (Å²) in [6.07, 6.45) is 7.69. The predicted octanol–water partition coefficient (Wildman–Crippen LogP) is 4.22. The highest BCUT2D eigenvalue weighted by Gasteiger charge is 2.20. The summed E-state index contributed by atoms with van der Waals surface area (Å²) < 4.78 is 19.3. The first-order valence-electron chi connectivity index (χ1n) is 7.91. The zero-order valence-corrected chi connectivity index (χ0v) is 12.4. The number of rotatable bonds is 7. The van der Waals surface area contributed by atoms with Crippen molar-refractivity contribution in [1.29, 1.82) is 0 Å². The molecule has 1 aromatic carbocycles. The molecule has 1 aromatic rings. The van der Waals surface area contributed by atoms with Gasteiger partial charge in [-0.25, -0.2) is 4.39 Å². The highest BCUT2D eigenvalue weighted by Crippen LogP contribution is 2.27. The first-order valence-corrected chi connectivity index (χ1v) is 7.91. The SMILES string of the molecule is CCCNCC(OC1CCCCC1)c1ccc(F)cc1.